The lowest BCUT2D eigenvalue weighted by molar-refractivity contribution is -0.125. The number of amides is 1. The fourth-order valence-electron chi connectivity index (χ4n) is 5.03. The molecule has 0 saturated carbocycles. The van der Waals surface area contributed by atoms with Gasteiger partial charge in [-0.2, -0.15) is 0 Å². The van der Waals surface area contributed by atoms with E-state index < -0.39 is 8.80 Å². The normalized spacial score (nSPS) is 11.9. The Bertz CT molecular complexity index is 444. The van der Waals surface area contributed by atoms with Crippen molar-refractivity contribution in [3.8, 4) is 0 Å². The number of unbranched alkanes of at least 4 members (excludes halogenated alkanes) is 16. The monoisotopic (exact) mass is 529 g/mol. The van der Waals surface area contributed by atoms with Crippen molar-refractivity contribution >= 4 is 14.7 Å². The third kappa shape index (κ3) is 19.6. The molecule has 0 rings (SSSR count). The van der Waals surface area contributed by atoms with E-state index in [0.717, 1.165) is 25.3 Å². The summed E-state index contributed by atoms with van der Waals surface area (Å²) in [6, 6.07) is 0.720. The maximum absolute atomic E-state index is 13.0. The first-order valence-electron chi connectivity index (χ1n) is 15.5. The van der Waals surface area contributed by atoms with Crippen molar-refractivity contribution in [1.82, 2.24) is 5.32 Å². The molecule has 6 heteroatoms. The first-order valence-corrected chi connectivity index (χ1v) is 17.4. The zero-order chi connectivity index (χ0) is 26.7. The summed E-state index contributed by atoms with van der Waals surface area (Å²) in [6.45, 7) is 5.21. The summed E-state index contributed by atoms with van der Waals surface area (Å²) < 4.78 is 16.5. The first kappa shape index (κ1) is 35.6. The van der Waals surface area contributed by atoms with Crippen LogP contribution in [0.2, 0.25) is 6.04 Å². The second kappa shape index (κ2) is 26.2. The molecule has 216 valence electrons. The lowest BCUT2D eigenvalue weighted by atomic mass is 9.93. The SMILES string of the molecule is CCCCCCCCCCCC(CCCCCCCCCCC)C(=O)NCCC[Si](OC)(OC)OC. The predicted molar refractivity (Wildman–Crippen MR) is 156 cm³/mol. The third-order valence-electron chi connectivity index (χ3n) is 7.58. The Morgan fingerprint density at radius 2 is 0.944 bits per heavy atom. The van der Waals surface area contributed by atoms with E-state index >= 15 is 0 Å². The summed E-state index contributed by atoms with van der Waals surface area (Å²) >= 11 is 0. The molecule has 0 aromatic heterocycles. The van der Waals surface area contributed by atoms with Crippen molar-refractivity contribution in [2.75, 3.05) is 27.9 Å². The van der Waals surface area contributed by atoms with Crippen molar-refractivity contribution in [1.29, 1.82) is 0 Å². The van der Waals surface area contributed by atoms with Gasteiger partial charge in [-0.15, -0.1) is 0 Å². The topological polar surface area (TPSA) is 56.8 Å². The first-order chi connectivity index (χ1) is 17.6. The molecule has 0 aromatic carbocycles. The number of nitrogens with one attached hydrogen (secondary N) is 1. The summed E-state index contributed by atoms with van der Waals surface area (Å²) in [5, 5.41) is 3.21. The smallest absolute Gasteiger partial charge is 0.377 e. The Kier molecular flexibility index (Phi) is 25.9. The quantitative estimate of drug-likeness (QED) is 0.0812. The molecule has 0 aliphatic carbocycles. The summed E-state index contributed by atoms with van der Waals surface area (Å²) in [5.74, 6) is 0.405. The number of carbonyl (C=O) groups is 1. The largest absolute Gasteiger partial charge is 0.500 e. The van der Waals surface area contributed by atoms with Gasteiger partial charge >= 0.3 is 8.80 Å². The van der Waals surface area contributed by atoms with Gasteiger partial charge in [-0.05, 0) is 19.3 Å². The van der Waals surface area contributed by atoms with Crippen LogP contribution in [-0.4, -0.2) is 42.6 Å². The molecule has 0 heterocycles. The van der Waals surface area contributed by atoms with Crippen LogP contribution in [0.25, 0.3) is 0 Å². The summed E-state index contributed by atoms with van der Waals surface area (Å²) in [6.07, 6.45) is 26.8. The standard InChI is InChI=1S/C30H63NO4Si/c1-6-8-10-12-14-16-18-20-22-25-29(26-23-21-19-17-15-13-11-9-7-2)30(32)31-27-24-28-36(33-3,34-4)35-5/h29H,6-28H2,1-5H3,(H,31,32). The minimum Gasteiger partial charge on any atom is -0.377 e. The molecular formula is C30H63NO4Si. The minimum atomic E-state index is -2.56. The highest BCUT2D eigenvalue weighted by Crippen LogP contribution is 2.21. The Hall–Kier alpha value is -0.433. The highest BCUT2D eigenvalue weighted by atomic mass is 28.4. The Balaban J connectivity index is 4.30. The van der Waals surface area contributed by atoms with Gasteiger partial charge in [0.2, 0.25) is 5.91 Å². The van der Waals surface area contributed by atoms with Gasteiger partial charge in [0.25, 0.3) is 0 Å². The van der Waals surface area contributed by atoms with Crippen LogP contribution in [0.15, 0.2) is 0 Å². The Morgan fingerprint density at radius 3 is 1.31 bits per heavy atom. The molecule has 0 atom stereocenters. The van der Waals surface area contributed by atoms with Gasteiger partial charge in [-0.25, -0.2) is 0 Å². The number of hydrogen-bond donors (Lipinski definition) is 1. The number of carbonyl (C=O) groups excluding carboxylic acids is 1. The van der Waals surface area contributed by atoms with Crippen LogP contribution in [0, 0.1) is 5.92 Å². The van der Waals surface area contributed by atoms with Crippen molar-refractivity contribution in [2.24, 2.45) is 5.92 Å². The molecular weight excluding hydrogens is 466 g/mol. The van der Waals surface area contributed by atoms with E-state index in [4.69, 9.17) is 13.3 Å². The molecule has 5 nitrogen and oxygen atoms in total. The summed E-state index contributed by atoms with van der Waals surface area (Å²) in [4.78, 5) is 13.0. The van der Waals surface area contributed by atoms with E-state index in [0.29, 0.717) is 6.54 Å². The minimum absolute atomic E-state index is 0.161. The van der Waals surface area contributed by atoms with Crippen LogP contribution >= 0.6 is 0 Å². The van der Waals surface area contributed by atoms with Crippen LogP contribution in [-0.2, 0) is 18.1 Å². The van der Waals surface area contributed by atoms with Gasteiger partial charge in [0.1, 0.15) is 0 Å². The maximum Gasteiger partial charge on any atom is 0.500 e. The van der Waals surface area contributed by atoms with Gasteiger partial charge in [0.05, 0.1) is 0 Å². The lowest BCUT2D eigenvalue weighted by Crippen LogP contribution is -2.43. The van der Waals surface area contributed by atoms with Crippen molar-refractivity contribution in [3.63, 3.8) is 0 Å². The fraction of sp³-hybridized carbons (Fsp3) is 0.967. The molecule has 1 N–H and O–H groups in total. The lowest BCUT2D eigenvalue weighted by Gasteiger charge is -2.24. The second-order valence-corrected chi connectivity index (χ2v) is 13.7. The van der Waals surface area contributed by atoms with Gasteiger partial charge in [0.15, 0.2) is 0 Å². The van der Waals surface area contributed by atoms with Crippen LogP contribution in [0.5, 0.6) is 0 Å². The number of rotatable bonds is 28. The third-order valence-corrected chi connectivity index (χ3v) is 10.4. The zero-order valence-corrected chi connectivity index (χ0v) is 26.0. The Labute approximate surface area is 226 Å². The molecule has 0 aromatic rings. The zero-order valence-electron chi connectivity index (χ0n) is 25.0. The van der Waals surface area contributed by atoms with Gasteiger partial charge < -0.3 is 18.6 Å². The van der Waals surface area contributed by atoms with Gasteiger partial charge in [-0.3, -0.25) is 4.79 Å². The van der Waals surface area contributed by atoms with Crippen molar-refractivity contribution in [3.05, 3.63) is 0 Å². The fourth-order valence-corrected chi connectivity index (χ4v) is 6.75. The molecule has 36 heavy (non-hydrogen) atoms. The van der Waals surface area contributed by atoms with Crippen LogP contribution in [0.3, 0.4) is 0 Å². The van der Waals surface area contributed by atoms with E-state index in [1.165, 1.54) is 116 Å². The molecule has 0 bridgehead atoms. The Morgan fingerprint density at radius 1 is 0.583 bits per heavy atom. The van der Waals surface area contributed by atoms with Crippen LogP contribution < -0.4 is 5.32 Å². The van der Waals surface area contributed by atoms with Gasteiger partial charge in [-0.1, -0.05) is 129 Å². The summed E-state index contributed by atoms with van der Waals surface area (Å²) in [5.41, 5.74) is 0. The van der Waals surface area contributed by atoms with E-state index in [-0.39, 0.29) is 11.8 Å². The van der Waals surface area contributed by atoms with Crippen LogP contribution in [0.1, 0.15) is 149 Å². The summed E-state index contributed by atoms with van der Waals surface area (Å²) in [7, 11) is 2.37. The van der Waals surface area contributed by atoms with Crippen molar-refractivity contribution in [2.45, 2.75) is 155 Å². The average Bonchev–Trinajstić information content (AvgIpc) is 2.90. The van der Waals surface area contributed by atoms with Gasteiger partial charge in [0, 0.05) is 39.8 Å². The highest BCUT2D eigenvalue weighted by Gasteiger charge is 2.36. The molecule has 0 fully saturated rings. The van der Waals surface area contributed by atoms with Crippen LogP contribution in [0.4, 0.5) is 0 Å². The van der Waals surface area contributed by atoms with E-state index in [1.807, 2.05) is 0 Å². The van der Waals surface area contributed by atoms with E-state index in [1.54, 1.807) is 21.3 Å². The maximum atomic E-state index is 13.0. The highest BCUT2D eigenvalue weighted by molar-refractivity contribution is 6.60. The second-order valence-electron chi connectivity index (χ2n) is 10.6. The molecule has 0 radical (unpaired) electrons. The number of hydrogen-bond acceptors (Lipinski definition) is 4. The van der Waals surface area contributed by atoms with Crippen molar-refractivity contribution < 1.29 is 18.1 Å². The van der Waals surface area contributed by atoms with E-state index in [2.05, 4.69) is 19.2 Å². The average molecular weight is 530 g/mol. The predicted octanol–water partition coefficient (Wildman–Crippen LogP) is 8.83. The molecule has 0 aliphatic heterocycles. The molecule has 0 saturated heterocycles. The molecule has 0 unspecified atom stereocenters. The van der Waals surface area contributed by atoms with E-state index in [9.17, 15) is 4.79 Å². The molecule has 0 aliphatic rings. The molecule has 1 amide bonds. The molecule has 0 spiro atoms.